The fourth-order valence-corrected chi connectivity index (χ4v) is 1.46. The molecule has 7 nitrogen and oxygen atoms in total. The summed E-state index contributed by atoms with van der Waals surface area (Å²) in [7, 11) is 1.59. The second-order valence-electron chi connectivity index (χ2n) is 4.58. The van der Waals surface area contributed by atoms with Crippen molar-refractivity contribution in [1.29, 1.82) is 0 Å². The van der Waals surface area contributed by atoms with E-state index in [9.17, 15) is 5.11 Å². The van der Waals surface area contributed by atoms with E-state index in [2.05, 4.69) is 15.5 Å². The Hall–Kier alpha value is -1.73. The van der Waals surface area contributed by atoms with E-state index in [1.165, 1.54) is 0 Å². The molecule has 2 heterocycles. The van der Waals surface area contributed by atoms with E-state index in [0.29, 0.717) is 24.6 Å². The van der Waals surface area contributed by atoms with E-state index >= 15 is 0 Å². The Morgan fingerprint density at radius 1 is 1.50 bits per heavy atom. The number of aliphatic hydroxyl groups is 1. The smallest absolute Gasteiger partial charge is 0.162 e. The van der Waals surface area contributed by atoms with Crippen LogP contribution in [0.2, 0.25) is 0 Å². The van der Waals surface area contributed by atoms with Gasteiger partial charge in [-0.05, 0) is 13.8 Å². The van der Waals surface area contributed by atoms with Crippen LogP contribution < -0.4 is 0 Å². The maximum atomic E-state index is 9.78. The van der Waals surface area contributed by atoms with Crippen molar-refractivity contribution >= 4 is 0 Å². The lowest BCUT2D eigenvalue weighted by molar-refractivity contribution is 0.0737. The summed E-state index contributed by atoms with van der Waals surface area (Å²) in [5, 5.41) is 21.5. The number of hydrogen-bond acceptors (Lipinski definition) is 6. The van der Waals surface area contributed by atoms with Gasteiger partial charge in [0.25, 0.3) is 0 Å². The van der Waals surface area contributed by atoms with Crippen LogP contribution in [-0.2, 0) is 23.5 Å². The summed E-state index contributed by atoms with van der Waals surface area (Å²) in [6.45, 7) is 4.15. The van der Waals surface area contributed by atoms with E-state index in [-0.39, 0.29) is 0 Å². The van der Waals surface area contributed by atoms with E-state index < -0.39 is 5.60 Å². The van der Waals surface area contributed by atoms with Crippen LogP contribution in [0.5, 0.6) is 0 Å². The number of rotatable bonds is 5. The molecule has 7 heteroatoms. The van der Waals surface area contributed by atoms with Crippen molar-refractivity contribution in [2.24, 2.45) is 0 Å². The average Bonchev–Trinajstić information content (AvgIpc) is 2.88. The fourth-order valence-electron chi connectivity index (χ4n) is 1.46. The SMILES string of the molecule is COCc1cc(Cn2cc(C(C)(C)O)nn2)no1. The van der Waals surface area contributed by atoms with Crippen molar-refractivity contribution in [3.63, 3.8) is 0 Å². The van der Waals surface area contributed by atoms with Crippen molar-refractivity contribution < 1.29 is 14.4 Å². The van der Waals surface area contributed by atoms with Gasteiger partial charge in [-0.2, -0.15) is 0 Å². The molecule has 0 atom stereocenters. The zero-order valence-electron chi connectivity index (χ0n) is 10.6. The standard InChI is InChI=1S/C11H16N4O3/c1-11(2,16)10-6-15(14-12-10)5-8-4-9(7-17-3)18-13-8/h4,6,16H,5,7H2,1-3H3. The molecule has 1 N–H and O–H groups in total. The molecule has 98 valence electrons. The van der Waals surface area contributed by atoms with Gasteiger partial charge in [0, 0.05) is 13.2 Å². The van der Waals surface area contributed by atoms with E-state index in [0.717, 1.165) is 5.69 Å². The molecular weight excluding hydrogens is 236 g/mol. The van der Waals surface area contributed by atoms with E-state index in [1.54, 1.807) is 37.9 Å². The van der Waals surface area contributed by atoms with Crippen LogP contribution >= 0.6 is 0 Å². The lowest BCUT2D eigenvalue weighted by Gasteiger charge is -2.11. The predicted molar refractivity (Wildman–Crippen MR) is 61.6 cm³/mol. The zero-order valence-corrected chi connectivity index (χ0v) is 10.6. The Morgan fingerprint density at radius 2 is 2.28 bits per heavy atom. The quantitative estimate of drug-likeness (QED) is 0.842. The van der Waals surface area contributed by atoms with Crippen LogP contribution in [0, 0.1) is 0 Å². The molecular formula is C11H16N4O3. The minimum Gasteiger partial charge on any atom is -0.384 e. The maximum absolute atomic E-state index is 9.78. The van der Waals surface area contributed by atoms with Gasteiger partial charge < -0.3 is 14.4 Å². The number of aromatic nitrogens is 4. The second kappa shape index (κ2) is 4.87. The largest absolute Gasteiger partial charge is 0.384 e. The van der Waals surface area contributed by atoms with Crippen molar-refractivity contribution in [3.05, 3.63) is 29.4 Å². The Kier molecular flexibility index (Phi) is 3.44. The molecule has 0 saturated carbocycles. The third-order valence-corrected chi connectivity index (χ3v) is 2.38. The average molecular weight is 252 g/mol. The highest BCUT2D eigenvalue weighted by Crippen LogP contribution is 2.16. The lowest BCUT2D eigenvalue weighted by Crippen LogP contribution is -2.15. The third kappa shape index (κ3) is 2.93. The zero-order chi connectivity index (χ0) is 13.2. The first kappa shape index (κ1) is 12.7. The van der Waals surface area contributed by atoms with Crippen molar-refractivity contribution in [3.8, 4) is 0 Å². The van der Waals surface area contributed by atoms with E-state index in [4.69, 9.17) is 9.26 Å². The normalized spacial score (nSPS) is 12.0. The number of hydrogen-bond donors (Lipinski definition) is 1. The highest BCUT2D eigenvalue weighted by Gasteiger charge is 2.20. The second-order valence-corrected chi connectivity index (χ2v) is 4.58. The van der Waals surface area contributed by atoms with Crippen LogP contribution in [0.4, 0.5) is 0 Å². The van der Waals surface area contributed by atoms with Gasteiger partial charge in [-0.25, -0.2) is 4.68 Å². The summed E-state index contributed by atoms with van der Waals surface area (Å²) in [6, 6.07) is 1.80. The van der Waals surface area contributed by atoms with Crippen LogP contribution in [0.25, 0.3) is 0 Å². The molecule has 0 aliphatic carbocycles. The predicted octanol–water partition coefficient (Wildman–Crippen LogP) is 0.688. The van der Waals surface area contributed by atoms with Crippen LogP contribution in [0.1, 0.15) is 31.0 Å². The Bertz CT molecular complexity index is 512. The molecule has 0 spiro atoms. The third-order valence-electron chi connectivity index (χ3n) is 2.38. The summed E-state index contributed by atoms with van der Waals surface area (Å²) < 4.78 is 11.6. The molecule has 0 aliphatic heterocycles. The Morgan fingerprint density at radius 3 is 2.89 bits per heavy atom. The van der Waals surface area contributed by atoms with Gasteiger partial charge in [0.2, 0.25) is 0 Å². The molecule has 0 aromatic carbocycles. The summed E-state index contributed by atoms with van der Waals surface area (Å²) in [4.78, 5) is 0. The summed E-state index contributed by atoms with van der Waals surface area (Å²) in [5.74, 6) is 0.662. The van der Waals surface area contributed by atoms with Crippen molar-refractivity contribution in [2.75, 3.05) is 7.11 Å². The summed E-state index contributed by atoms with van der Waals surface area (Å²) >= 11 is 0. The molecule has 0 amide bonds. The van der Waals surface area contributed by atoms with Gasteiger partial charge >= 0.3 is 0 Å². The van der Waals surface area contributed by atoms with Gasteiger partial charge in [-0.1, -0.05) is 10.4 Å². The first-order valence-electron chi connectivity index (χ1n) is 5.55. The topological polar surface area (TPSA) is 86.2 Å². The molecule has 0 radical (unpaired) electrons. The minimum absolute atomic E-state index is 0.388. The molecule has 0 unspecified atom stereocenters. The van der Waals surface area contributed by atoms with Gasteiger partial charge in [-0.3, -0.25) is 0 Å². The lowest BCUT2D eigenvalue weighted by atomic mass is 10.1. The first-order chi connectivity index (χ1) is 8.49. The molecule has 0 saturated heterocycles. The summed E-state index contributed by atoms with van der Waals surface area (Å²) in [6.07, 6.45) is 1.69. The van der Waals surface area contributed by atoms with Gasteiger partial charge in [-0.15, -0.1) is 5.10 Å². The number of ether oxygens (including phenoxy) is 1. The van der Waals surface area contributed by atoms with Gasteiger partial charge in [0.05, 0.1) is 12.7 Å². The molecule has 0 bridgehead atoms. The number of nitrogens with zero attached hydrogens (tertiary/aromatic N) is 4. The van der Waals surface area contributed by atoms with Crippen molar-refractivity contribution in [1.82, 2.24) is 20.2 Å². The van der Waals surface area contributed by atoms with Crippen LogP contribution in [-0.4, -0.2) is 32.4 Å². The Balaban J connectivity index is 2.06. The van der Waals surface area contributed by atoms with E-state index in [1.807, 2.05) is 0 Å². The molecule has 2 aromatic heterocycles. The minimum atomic E-state index is -0.997. The van der Waals surface area contributed by atoms with Crippen LogP contribution in [0.15, 0.2) is 16.8 Å². The first-order valence-corrected chi connectivity index (χ1v) is 5.55. The Labute approximate surface area is 104 Å². The number of methoxy groups -OCH3 is 1. The highest BCUT2D eigenvalue weighted by molar-refractivity contribution is 5.07. The highest BCUT2D eigenvalue weighted by atomic mass is 16.5. The monoisotopic (exact) mass is 252 g/mol. The fraction of sp³-hybridized carbons (Fsp3) is 0.545. The van der Waals surface area contributed by atoms with Crippen molar-refractivity contribution in [2.45, 2.75) is 32.6 Å². The molecule has 2 aromatic rings. The maximum Gasteiger partial charge on any atom is 0.162 e. The van der Waals surface area contributed by atoms with Gasteiger partial charge in [0.15, 0.2) is 5.76 Å². The molecule has 0 aliphatic rings. The van der Waals surface area contributed by atoms with Crippen LogP contribution in [0.3, 0.4) is 0 Å². The molecule has 0 fully saturated rings. The summed E-state index contributed by atoms with van der Waals surface area (Å²) in [5.41, 5.74) is 0.251. The molecule has 18 heavy (non-hydrogen) atoms. The van der Waals surface area contributed by atoms with Gasteiger partial charge in [0.1, 0.15) is 23.6 Å². The molecule has 2 rings (SSSR count).